The Bertz CT molecular complexity index is 478. The molecule has 0 heterocycles. The monoisotopic (exact) mass is 307 g/mol. The van der Waals surface area contributed by atoms with E-state index >= 15 is 0 Å². The number of nitrogens with two attached hydrogens (primary N) is 1. The Hall–Kier alpha value is -0.730. The number of hydrogen-bond acceptors (Lipinski definition) is 2. The first-order valence-electron chi connectivity index (χ1n) is 8.36. The van der Waals surface area contributed by atoms with E-state index in [0.717, 1.165) is 23.3 Å². The van der Waals surface area contributed by atoms with Gasteiger partial charge in [0.05, 0.1) is 6.61 Å². The van der Waals surface area contributed by atoms with Gasteiger partial charge in [0, 0.05) is 17.0 Å². The van der Waals surface area contributed by atoms with E-state index in [1.54, 1.807) is 0 Å². The van der Waals surface area contributed by atoms with Crippen LogP contribution in [-0.2, 0) is 5.41 Å². The highest BCUT2D eigenvalue weighted by molar-refractivity contribution is 6.30. The highest BCUT2D eigenvalue weighted by atomic mass is 35.5. The van der Waals surface area contributed by atoms with Crippen LogP contribution in [0.5, 0.6) is 5.75 Å². The molecule has 3 heteroatoms. The summed E-state index contributed by atoms with van der Waals surface area (Å²) in [6, 6.07) is 6.22. The summed E-state index contributed by atoms with van der Waals surface area (Å²) in [5.41, 5.74) is 7.53. The minimum Gasteiger partial charge on any atom is -0.493 e. The van der Waals surface area contributed by atoms with Crippen LogP contribution >= 0.6 is 11.6 Å². The van der Waals surface area contributed by atoms with Crippen LogP contribution in [0.15, 0.2) is 18.2 Å². The topological polar surface area (TPSA) is 35.2 Å². The van der Waals surface area contributed by atoms with E-state index in [0.29, 0.717) is 6.54 Å². The largest absolute Gasteiger partial charge is 0.493 e. The van der Waals surface area contributed by atoms with Crippen molar-refractivity contribution in [3.8, 4) is 5.75 Å². The molecule has 0 atom stereocenters. The van der Waals surface area contributed by atoms with Gasteiger partial charge >= 0.3 is 0 Å². The molecule has 2 nitrogen and oxygen atoms in total. The molecule has 1 aromatic carbocycles. The average molecular weight is 308 g/mol. The van der Waals surface area contributed by atoms with Gasteiger partial charge in [0.1, 0.15) is 5.75 Å². The van der Waals surface area contributed by atoms with E-state index in [4.69, 9.17) is 22.1 Å². The third-order valence-corrected chi connectivity index (χ3v) is 5.61. The van der Waals surface area contributed by atoms with E-state index in [-0.39, 0.29) is 5.41 Å². The maximum Gasteiger partial charge on any atom is 0.121 e. The van der Waals surface area contributed by atoms with Gasteiger partial charge in [0.2, 0.25) is 0 Å². The van der Waals surface area contributed by atoms with Crippen LogP contribution in [0.25, 0.3) is 0 Å². The summed E-state index contributed by atoms with van der Waals surface area (Å²) in [6.07, 6.45) is 10.2. The summed E-state index contributed by atoms with van der Waals surface area (Å²) in [5.74, 6) is 1.66. The van der Waals surface area contributed by atoms with Crippen molar-refractivity contribution < 1.29 is 4.74 Å². The first-order chi connectivity index (χ1) is 10.2. The second-order valence-electron chi connectivity index (χ2n) is 6.83. The molecule has 1 aromatic rings. The van der Waals surface area contributed by atoms with E-state index in [1.807, 2.05) is 6.07 Å². The normalized spacial score (nSPS) is 21.8. The second kappa shape index (κ2) is 6.58. The molecule has 0 bridgehead atoms. The average Bonchev–Trinajstić information content (AvgIpc) is 2.46. The van der Waals surface area contributed by atoms with E-state index in [9.17, 15) is 0 Å². The zero-order valence-corrected chi connectivity index (χ0v) is 13.5. The van der Waals surface area contributed by atoms with Crippen molar-refractivity contribution in [1.82, 2.24) is 0 Å². The SMILES string of the molecule is NCC1(c2cc(Cl)cc(OCC3CCC3)c2)CCCCC1. The Morgan fingerprint density at radius 1 is 1.10 bits per heavy atom. The summed E-state index contributed by atoms with van der Waals surface area (Å²) >= 11 is 6.33. The van der Waals surface area contributed by atoms with Gasteiger partial charge in [-0.15, -0.1) is 0 Å². The van der Waals surface area contributed by atoms with Crippen LogP contribution in [0.3, 0.4) is 0 Å². The molecular formula is C18H26ClNO. The smallest absolute Gasteiger partial charge is 0.121 e. The van der Waals surface area contributed by atoms with Crippen molar-refractivity contribution in [2.75, 3.05) is 13.2 Å². The van der Waals surface area contributed by atoms with Gasteiger partial charge in [0.25, 0.3) is 0 Å². The van der Waals surface area contributed by atoms with Crippen LogP contribution in [0.2, 0.25) is 5.02 Å². The third-order valence-electron chi connectivity index (χ3n) is 5.40. The first kappa shape index (κ1) is 15.2. The predicted molar refractivity (Wildman–Crippen MR) is 88.1 cm³/mol. The summed E-state index contributed by atoms with van der Waals surface area (Å²) in [4.78, 5) is 0. The molecule has 2 N–H and O–H groups in total. The molecule has 2 aliphatic rings. The minimum atomic E-state index is 0.109. The molecule has 116 valence electrons. The first-order valence-corrected chi connectivity index (χ1v) is 8.74. The van der Waals surface area contributed by atoms with Crippen molar-refractivity contribution in [3.63, 3.8) is 0 Å². The van der Waals surface area contributed by atoms with Crippen LogP contribution in [0.1, 0.15) is 56.9 Å². The second-order valence-corrected chi connectivity index (χ2v) is 7.27. The van der Waals surface area contributed by atoms with Crippen molar-refractivity contribution >= 4 is 11.6 Å². The lowest BCUT2D eigenvalue weighted by Gasteiger charge is -2.37. The molecule has 0 spiro atoms. The quantitative estimate of drug-likeness (QED) is 0.857. The zero-order chi connectivity index (χ0) is 14.7. The van der Waals surface area contributed by atoms with Gasteiger partial charge < -0.3 is 10.5 Å². The Morgan fingerprint density at radius 2 is 1.86 bits per heavy atom. The lowest BCUT2D eigenvalue weighted by atomic mass is 9.69. The summed E-state index contributed by atoms with van der Waals surface area (Å²) in [6.45, 7) is 1.53. The van der Waals surface area contributed by atoms with Gasteiger partial charge in [-0.3, -0.25) is 0 Å². The molecule has 0 saturated heterocycles. The van der Waals surface area contributed by atoms with E-state index in [1.165, 1.54) is 56.9 Å². The maximum atomic E-state index is 6.33. The molecule has 0 radical (unpaired) electrons. The number of ether oxygens (including phenoxy) is 1. The zero-order valence-electron chi connectivity index (χ0n) is 12.7. The molecule has 0 aromatic heterocycles. The molecule has 2 aliphatic carbocycles. The van der Waals surface area contributed by atoms with E-state index in [2.05, 4.69) is 12.1 Å². The van der Waals surface area contributed by atoms with Crippen molar-refractivity contribution in [2.24, 2.45) is 11.7 Å². The maximum absolute atomic E-state index is 6.33. The van der Waals surface area contributed by atoms with Gasteiger partial charge in [-0.1, -0.05) is 37.3 Å². The number of benzene rings is 1. The van der Waals surface area contributed by atoms with Gasteiger partial charge in [-0.25, -0.2) is 0 Å². The highest BCUT2D eigenvalue weighted by Gasteiger charge is 2.33. The number of halogens is 1. The summed E-state index contributed by atoms with van der Waals surface area (Å²) in [5, 5.41) is 0.773. The molecule has 0 aliphatic heterocycles. The van der Waals surface area contributed by atoms with Crippen LogP contribution in [0, 0.1) is 5.92 Å². The Balaban J connectivity index is 1.78. The van der Waals surface area contributed by atoms with Gasteiger partial charge in [-0.05, 0) is 55.4 Å². The van der Waals surface area contributed by atoms with Crippen molar-refractivity contribution in [2.45, 2.75) is 56.8 Å². The lowest BCUT2D eigenvalue weighted by molar-refractivity contribution is 0.180. The van der Waals surface area contributed by atoms with Gasteiger partial charge in [-0.2, -0.15) is 0 Å². The Morgan fingerprint density at radius 3 is 2.48 bits per heavy atom. The predicted octanol–water partition coefficient (Wildman–Crippen LogP) is 4.68. The fourth-order valence-corrected chi connectivity index (χ4v) is 3.89. The van der Waals surface area contributed by atoms with Crippen LogP contribution < -0.4 is 10.5 Å². The molecule has 2 saturated carbocycles. The van der Waals surface area contributed by atoms with Crippen LogP contribution in [-0.4, -0.2) is 13.2 Å². The fraction of sp³-hybridized carbons (Fsp3) is 0.667. The molecule has 2 fully saturated rings. The fourth-order valence-electron chi connectivity index (χ4n) is 3.66. The summed E-state index contributed by atoms with van der Waals surface area (Å²) in [7, 11) is 0. The molecule has 21 heavy (non-hydrogen) atoms. The Kier molecular flexibility index (Phi) is 4.75. The third kappa shape index (κ3) is 3.37. The molecule has 3 rings (SSSR count). The minimum absolute atomic E-state index is 0.109. The van der Waals surface area contributed by atoms with Crippen molar-refractivity contribution in [1.29, 1.82) is 0 Å². The standard InChI is InChI=1S/C18H26ClNO/c19-16-9-15(18(13-20)7-2-1-3-8-18)10-17(11-16)21-12-14-5-4-6-14/h9-11,14H,1-8,12-13,20H2. The number of rotatable bonds is 5. The van der Waals surface area contributed by atoms with Crippen molar-refractivity contribution in [3.05, 3.63) is 28.8 Å². The molecule has 0 amide bonds. The van der Waals surface area contributed by atoms with Crippen LogP contribution in [0.4, 0.5) is 0 Å². The van der Waals surface area contributed by atoms with Gasteiger partial charge in [0.15, 0.2) is 0 Å². The summed E-state index contributed by atoms with van der Waals surface area (Å²) < 4.78 is 5.99. The lowest BCUT2D eigenvalue weighted by Crippen LogP contribution is -2.37. The molecular weight excluding hydrogens is 282 g/mol. The Labute approximate surface area is 133 Å². The van der Waals surface area contributed by atoms with E-state index < -0.39 is 0 Å². The highest BCUT2D eigenvalue weighted by Crippen LogP contribution is 2.41. The number of hydrogen-bond donors (Lipinski definition) is 1. The molecule has 0 unspecified atom stereocenters.